The molecule has 2 saturated heterocycles. The van der Waals surface area contributed by atoms with Crippen molar-refractivity contribution in [2.75, 3.05) is 6.54 Å². The van der Waals surface area contributed by atoms with Crippen LogP contribution in [0.2, 0.25) is 0 Å². The van der Waals surface area contributed by atoms with Crippen molar-refractivity contribution in [3.8, 4) is 0 Å². The minimum atomic E-state index is -1.12. The van der Waals surface area contributed by atoms with E-state index in [0.717, 1.165) is 4.90 Å². The third-order valence-corrected chi connectivity index (χ3v) is 2.06. The Labute approximate surface area is 78.2 Å². The molecule has 4 N–H and O–H groups in total. The fourth-order valence-corrected chi connectivity index (χ4v) is 1.51. The van der Waals surface area contributed by atoms with Gasteiger partial charge in [0.2, 0.25) is 0 Å². The van der Waals surface area contributed by atoms with Crippen LogP contribution in [0.25, 0.3) is 0 Å². The second-order valence-electron chi connectivity index (χ2n) is 3.01. The number of carbonyl (C=O) groups is 3. The maximum Gasteiger partial charge on any atom is 0.323 e. The first-order valence-corrected chi connectivity index (χ1v) is 3.94. The lowest BCUT2D eigenvalue weighted by molar-refractivity contribution is -0.137. The first-order valence-electron chi connectivity index (χ1n) is 3.94. The molecule has 0 aliphatic carbocycles. The van der Waals surface area contributed by atoms with Crippen LogP contribution in [0.1, 0.15) is 0 Å². The molecule has 4 amide bonds. The van der Waals surface area contributed by atoms with Crippen molar-refractivity contribution < 1.29 is 19.5 Å². The summed E-state index contributed by atoms with van der Waals surface area (Å²) in [4.78, 5) is 33.5. The molecular formula is C6H8N4O4. The van der Waals surface area contributed by atoms with Crippen LogP contribution < -0.4 is 16.0 Å². The Morgan fingerprint density at radius 1 is 1.36 bits per heavy atom. The van der Waals surface area contributed by atoms with Crippen LogP contribution >= 0.6 is 0 Å². The number of hydrogen-bond acceptors (Lipinski definition) is 3. The molecule has 2 fully saturated rings. The molecule has 0 aromatic rings. The standard InChI is InChI=1S/C6H8N4O4/c11-2(12)1-10-4-3(8-6(10)14)7-5(13)9-4/h3-4H,1H2,(H,8,14)(H,11,12)(H2,7,9,13)/t3-,4+/m1/s1. The monoisotopic (exact) mass is 200 g/mol. The highest BCUT2D eigenvalue weighted by Gasteiger charge is 2.45. The summed E-state index contributed by atoms with van der Waals surface area (Å²) in [7, 11) is 0. The Balaban J connectivity index is 2.12. The largest absolute Gasteiger partial charge is 0.480 e. The zero-order valence-electron chi connectivity index (χ0n) is 6.98. The van der Waals surface area contributed by atoms with Gasteiger partial charge in [0, 0.05) is 0 Å². The number of rotatable bonds is 2. The zero-order chi connectivity index (χ0) is 10.3. The van der Waals surface area contributed by atoms with Gasteiger partial charge in [0.05, 0.1) is 0 Å². The van der Waals surface area contributed by atoms with Crippen LogP contribution in [-0.4, -0.2) is 46.9 Å². The van der Waals surface area contributed by atoms with Gasteiger partial charge in [-0.2, -0.15) is 0 Å². The number of hydrogen-bond donors (Lipinski definition) is 4. The number of carbonyl (C=O) groups excluding carboxylic acids is 2. The Bertz CT molecular complexity index is 317. The maximum atomic E-state index is 11.2. The minimum absolute atomic E-state index is 0.421. The summed E-state index contributed by atoms with van der Waals surface area (Å²) in [6.45, 7) is -0.436. The summed E-state index contributed by atoms with van der Waals surface area (Å²) >= 11 is 0. The van der Waals surface area contributed by atoms with E-state index in [1.165, 1.54) is 0 Å². The topological polar surface area (TPSA) is 111 Å². The highest BCUT2D eigenvalue weighted by atomic mass is 16.4. The first-order chi connectivity index (χ1) is 6.58. The smallest absolute Gasteiger partial charge is 0.323 e. The molecule has 2 atom stereocenters. The summed E-state index contributed by atoms with van der Waals surface area (Å²) in [5, 5.41) is 15.8. The number of nitrogens with one attached hydrogen (secondary N) is 3. The summed E-state index contributed by atoms with van der Waals surface area (Å²) < 4.78 is 0. The SMILES string of the molecule is O=C(O)CN1C(=O)N[C@H]2NC(=O)N[C@H]21. The van der Waals surface area contributed by atoms with Gasteiger partial charge < -0.3 is 21.1 Å². The Hall–Kier alpha value is -1.99. The quantitative estimate of drug-likeness (QED) is 0.415. The van der Waals surface area contributed by atoms with Crippen molar-refractivity contribution in [2.24, 2.45) is 0 Å². The summed E-state index contributed by atoms with van der Waals surface area (Å²) in [5.41, 5.74) is 0. The fourth-order valence-electron chi connectivity index (χ4n) is 1.51. The van der Waals surface area contributed by atoms with Gasteiger partial charge in [0.25, 0.3) is 0 Å². The van der Waals surface area contributed by atoms with Crippen molar-refractivity contribution >= 4 is 18.0 Å². The van der Waals surface area contributed by atoms with E-state index in [-0.39, 0.29) is 0 Å². The lowest BCUT2D eigenvalue weighted by Gasteiger charge is -2.18. The van der Waals surface area contributed by atoms with Gasteiger partial charge in [-0.25, -0.2) is 9.59 Å². The van der Waals surface area contributed by atoms with E-state index in [1.807, 2.05) is 0 Å². The van der Waals surface area contributed by atoms with Crippen LogP contribution in [0.3, 0.4) is 0 Å². The second-order valence-corrected chi connectivity index (χ2v) is 3.01. The second kappa shape index (κ2) is 2.76. The molecule has 0 saturated carbocycles. The van der Waals surface area contributed by atoms with E-state index in [2.05, 4.69) is 16.0 Å². The molecule has 14 heavy (non-hydrogen) atoms. The molecule has 2 aliphatic rings. The van der Waals surface area contributed by atoms with E-state index in [9.17, 15) is 14.4 Å². The Kier molecular flexibility index (Phi) is 1.69. The molecule has 76 valence electrons. The van der Waals surface area contributed by atoms with Gasteiger partial charge in [0.1, 0.15) is 18.9 Å². The highest BCUT2D eigenvalue weighted by molar-refractivity contribution is 5.87. The Morgan fingerprint density at radius 3 is 2.71 bits per heavy atom. The van der Waals surface area contributed by atoms with Crippen LogP contribution in [0.15, 0.2) is 0 Å². The maximum absolute atomic E-state index is 11.2. The van der Waals surface area contributed by atoms with Crippen molar-refractivity contribution in [3.05, 3.63) is 0 Å². The molecule has 8 heteroatoms. The fraction of sp³-hybridized carbons (Fsp3) is 0.500. The third-order valence-electron chi connectivity index (χ3n) is 2.06. The van der Waals surface area contributed by atoms with Gasteiger partial charge in [-0.15, -0.1) is 0 Å². The molecule has 2 rings (SSSR count). The van der Waals surface area contributed by atoms with Crippen molar-refractivity contribution in [3.63, 3.8) is 0 Å². The van der Waals surface area contributed by atoms with E-state index >= 15 is 0 Å². The number of aliphatic carboxylic acids is 1. The lowest BCUT2D eigenvalue weighted by atomic mass is 10.4. The Morgan fingerprint density at radius 2 is 2.07 bits per heavy atom. The van der Waals surface area contributed by atoms with Gasteiger partial charge in [0.15, 0.2) is 0 Å². The average Bonchev–Trinajstić information content (AvgIpc) is 2.51. The van der Waals surface area contributed by atoms with Gasteiger partial charge in [-0.3, -0.25) is 9.69 Å². The number of nitrogens with zero attached hydrogens (tertiary/aromatic N) is 1. The average molecular weight is 200 g/mol. The number of urea groups is 2. The van der Waals surface area contributed by atoms with Crippen LogP contribution in [0.5, 0.6) is 0 Å². The van der Waals surface area contributed by atoms with Crippen molar-refractivity contribution in [1.29, 1.82) is 0 Å². The molecule has 2 aliphatic heterocycles. The zero-order valence-corrected chi connectivity index (χ0v) is 6.98. The predicted octanol–water partition coefficient (Wildman–Crippen LogP) is -1.94. The van der Waals surface area contributed by atoms with Gasteiger partial charge >= 0.3 is 18.0 Å². The minimum Gasteiger partial charge on any atom is -0.480 e. The number of carboxylic acid groups (broad SMARTS) is 1. The molecule has 0 unspecified atom stereocenters. The third kappa shape index (κ3) is 1.20. The molecule has 8 nitrogen and oxygen atoms in total. The molecule has 0 radical (unpaired) electrons. The predicted molar refractivity (Wildman–Crippen MR) is 42.1 cm³/mol. The molecule has 0 aromatic carbocycles. The molecule has 0 bridgehead atoms. The van der Waals surface area contributed by atoms with Crippen molar-refractivity contribution in [2.45, 2.75) is 12.3 Å². The van der Waals surface area contributed by atoms with Gasteiger partial charge in [-0.05, 0) is 0 Å². The van der Waals surface area contributed by atoms with E-state index in [1.54, 1.807) is 0 Å². The molecule has 0 spiro atoms. The highest BCUT2D eigenvalue weighted by Crippen LogP contribution is 2.12. The summed E-state index contributed by atoms with van der Waals surface area (Å²) in [6.07, 6.45) is -1.17. The van der Waals surface area contributed by atoms with E-state index < -0.39 is 36.9 Å². The van der Waals surface area contributed by atoms with E-state index in [0.29, 0.717) is 0 Å². The normalized spacial score (nSPS) is 29.3. The number of fused-ring (bicyclic) bond motifs is 1. The lowest BCUT2D eigenvalue weighted by Crippen LogP contribution is -2.45. The van der Waals surface area contributed by atoms with Crippen molar-refractivity contribution in [1.82, 2.24) is 20.9 Å². The van der Waals surface area contributed by atoms with Gasteiger partial charge in [-0.1, -0.05) is 0 Å². The van der Waals surface area contributed by atoms with Crippen LogP contribution in [0.4, 0.5) is 9.59 Å². The number of amides is 4. The van der Waals surface area contributed by atoms with Crippen LogP contribution in [-0.2, 0) is 4.79 Å². The summed E-state index contributed by atoms with van der Waals surface area (Å²) in [6, 6.07) is -0.926. The number of carboxylic acids is 1. The molecular weight excluding hydrogens is 192 g/mol. The van der Waals surface area contributed by atoms with E-state index in [4.69, 9.17) is 5.11 Å². The van der Waals surface area contributed by atoms with Crippen LogP contribution in [0, 0.1) is 0 Å². The summed E-state index contributed by atoms with van der Waals surface area (Å²) in [5.74, 6) is -1.12. The molecule has 2 heterocycles. The first kappa shape index (κ1) is 8.60. The molecule has 0 aromatic heterocycles.